The van der Waals surface area contributed by atoms with E-state index < -0.39 is 15.6 Å². The molecule has 2 heterocycles. The lowest BCUT2D eigenvalue weighted by Crippen LogP contribution is -2.48. The van der Waals surface area contributed by atoms with Gasteiger partial charge in [0.25, 0.3) is 10.0 Å². The molecule has 0 aromatic carbocycles. The fraction of sp³-hybridized carbons (Fsp3) is 0.667. The molecule has 2 rings (SSSR count). The molecule has 27 heavy (non-hydrogen) atoms. The molecular formula is C18H30N4O4S. The van der Waals surface area contributed by atoms with Crippen molar-refractivity contribution < 1.29 is 17.9 Å². The zero-order valence-corrected chi connectivity index (χ0v) is 17.5. The van der Waals surface area contributed by atoms with Crippen molar-refractivity contribution in [2.75, 3.05) is 18.4 Å². The van der Waals surface area contributed by atoms with E-state index in [0.29, 0.717) is 24.8 Å². The number of carbonyl (C=O) groups is 1. The van der Waals surface area contributed by atoms with Gasteiger partial charge in [0.15, 0.2) is 5.03 Å². The number of nitrogens with two attached hydrogens (primary N) is 1. The maximum Gasteiger partial charge on any atom is 0.410 e. The molecule has 1 aromatic heterocycles. The topological polar surface area (TPSA) is 115 Å². The first-order valence-electron chi connectivity index (χ1n) is 9.05. The molecule has 1 aliphatic rings. The standard InChI is InChI=1S/C18H30N4O4S/c1-17(2,3)26-16(23)22-12-10-13(18(22,4)5)9-11-20-14-7-6-8-15(21-14)27(19,24)25/h6-8,13H,9-12H2,1-5H3,(H,20,21)(H2,19,24,25). The quantitative estimate of drug-likeness (QED) is 0.788. The van der Waals surface area contributed by atoms with Crippen LogP contribution in [0.4, 0.5) is 10.6 Å². The first-order chi connectivity index (χ1) is 12.3. The van der Waals surface area contributed by atoms with Crippen LogP contribution < -0.4 is 10.5 Å². The Morgan fingerprint density at radius 1 is 1.41 bits per heavy atom. The Hall–Kier alpha value is -1.87. The van der Waals surface area contributed by atoms with E-state index in [2.05, 4.69) is 24.1 Å². The molecule has 1 atom stereocenters. The lowest BCUT2D eigenvalue weighted by Gasteiger charge is -2.37. The monoisotopic (exact) mass is 398 g/mol. The molecule has 1 aromatic rings. The normalized spacial score (nSPS) is 19.8. The van der Waals surface area contributed by atoms with Gasteiger partial charge in [0.05, 0.1) is 0 Å². The molecule has 9 heteroatoms. The lowest BCUT2D eigenvalue weighted by atomic mass is 9.86. The van der Waals surface area contributed by atoms with Crippen LogP contribution in [0.25, 0.3) is 0 Å². The van der Waals surface area contributed by atoms with Crippen molar-refractivity contribution in [1.29, 1.82) is 0 Å². The Morgan fingerprint density at radius 2 is 2.07 bits per heavy atom. The van der Waals surface area contributed by atoms with E-state index in [1.54, 1.807) is 17.0 Å². The number of rotatable bonds is 5. The van der Waals surface area contributed by atoms with Crippen LogP contribution in [0.1, 0.15) is 47.5 Å². The predicted octanol–water partition coefficient (Wildman–Crippen LogP) is 2.57. The summed E-state index contributed by atoms with van der Waals surface area (Å²) in [5.74, 6) is 0.750. The van der Waals surface area contributed by atoms with Crippen molar-refractivity contribution in [2.24, 2.45) is 11.1 Å². The summed E-state index contributed by atoms with van der Waals surface area (Å²) in [6.45, 7) is 10.9. The highest BCUT2D eigenvalue weighted by Crippen LogP contribution is 2.37. The molecule has 152 valence electrons. The minimum atomic E-state index is -3.83. The first kappa shape index (κ1) is 21.4. The van der Waals surface area contributed by atoms with Gasteiger partial charge in [0.2, 0.25) is 0 Å². The van der Waals surface area contributed by atoms with Gasteiger partial charge in [0, 0.05) is 18.6 Å². The van der Waals surface area contributed by atoms with Crippen LogP contribution in [0.5, 0.6) is 0 Å². The Bertz CT molecular complexity index is 787. The number of ether oxygens (including phenoxy) is 1. The zero-order valence-electron chi connectivity index (χ0n) is 16.7. The van der Waals surface area contributed by atoms with Crippen LogP contribution in [0.3, 0.4) is 0 Å². The third-order valence-electron chi connectivity index (χ3n) is 4.82. The SMILES string of the molecule is CC(C)(C)OC(=O)N1CCC(CCNc2cccc(S(N)(=O)=O)n2)C1(C)C. The average Bonchev–Trinajstić information content (AvgIpc) is 2.80. The number of carbonyl (C=O) groups excluding carboxylic acids is 1. The fourth-order valence-electron chi connectivity index (χ4n) is 3.33. The van der Waals surface area contributed by atoms with Crippen molar-refractivity contribution >= 4 is 21.9 Å². The van der Waals surface area contributed by atoms with E-state index in [4.69, 9.17) is 9.88 Å². The van der Waals surface area contributed by atoms with Gasteiger partial charge in [-0.3, -0.25) is 0 Å². The third kappa shape index (κ3) is 5.55. The molecule has 0 bridgehead atoms. The first-order valence-corrected chi connectivity index (χ1v) is 10.6. The highest BCUT2D eigenvalue weighted by molar-refractivity contribution is 7.89. The summed E-state index contributed by atoms with van der Waals surface area (Å²) < 4.78 is 28.3. The molecule has 1 aliphatic heterocycles. The molecular weight excluding hydrogens is 368 g/mol. The molecule has 0 radical (unpaired) electrons. The van der Waals surface area contributed by atoms with E-state index in [1.807, 2.05) is 20.8 Å². The molecule has 3 N–H and O–H groups in total. The molecule has 1 fully saturated rings. The number of sulfonamides is 1. The Labute approximate surface area is 161 Å². The second-order valence-corrected chi connectivity index (χ2v) is 9.90. The van der Waals surface area contributed by atoms with Crippen molar-refractivity contribution in [3.8, 4) is 0 Å². The second-order valence-electron chi connectivity index (χ2n) is 8.39. The van der Waals surface area contributed by atoms with Crippen LogP contribution in [0.15, 0.2) is 23.2 Å². The summed E-state index contributed by atoms with van der Waals surface area (Å²) in [5.41, 5.74) is -0.841. The van der Waals surface area contributed by atoms with Crippen molar-refractivity contribution in [3.63, 3.8) is 0 Å². The van der Waals surface area contributed by atoms with Crippen LogP contribution in [-0.4, -0.2) is 48.6 Å². The van der Waals surface area contributed by atoms with Gasteiger partial charge >= 0.3 is 6.09 Å². The van der Waals surface area contributed by atoms with E-state index in [1.165, 1.54) is 6.07 Å². The number of hydrogen-bond acceptors (Lipinski definition) is 6. The number of nitrogens with one attached hydrogen (secondary N) is 1. The number of anilines is 1. The molecule has 1 unspecified atom stereocenters. The smallest absolute Gasteiger partial charge is 0.410 e. The fourth-order valence-corrected chi connectivity index (χ4v) is 3.83. The molecule has 0 saturated carbocycles. The number of primary sulfonamides is 1. The minimum Gasteiger partial charge on any atom is -0.444 e. The number of pyridine rings is 1. The lowest BCUT2D eigenvalue weighted by molar-refractivity contribution is 0.00875. The largest absolute Gasteiger partial charge is 0.444 e. The number of aromatic nitrogens is 1. The van der Waals surface area contributed by atoms with Crippen molar-refractivity contribution in [1.82, 2.24) is 9.88 Å². The van der Waals surface area contributed by atoms with E-state index >= 15 is 0 Å². The molecule has 0 spiro atoms. The van der Waals surface area contributed by atoms with E-state index in [0.717, 1.165) is 12.8 Å². The van der Waals surface area contributed by atoms with Gasteiger partial charge < -0.3 is 15.0 Å². The van der Waals surface area contributed by atoms with Gasteiger partial charge in [-0.05, 0) is 65.5 Å². The maximum absolute atomic E-state index is 12.5. The summed E-state index contributed by atoms with van der Waals surface area (Å²) in [6, 6.07) is 4.65. The Kier molecular flexibility index (Phi) is 6.06. The van der Waals surface area contributed by atoms with E-state index in [9.17, 15) is 13.2 Å². The van der Waals surface area contributed by atoms with Gasteiger partial charge in [-0.1, -0.05) is 6.07 Å². The summed E-state index contributed by atoms with van der Waals surface area (Å²) in [4.78, 5) is 18.3. The third-order valence-corrected chi connectivity index (χ3v) is 5.63. The molecule has 1 amide bonds. The molecule has 1 saturated heterocycles. The number of amides is 1. The predicted molar refractivity (Wildman–Crippen MR) is 104 cm³/mol. The van der Waals surface area contributed by atoms with Gasteiger partial charge in [-0.15, -0.1) is 0 Å². The minimum absolute atomic E-state index is 0.162. The number of nitrogens with zero attached hydrogens (tertiary/aromatic N) is 2. The Morgan fingerprint density at radius 3 is 2.67 bits per heavy atom. The summed E-state index contributed by atoms with van der Waals surface area (Å²) in [5, 5.41) is 8.09. The van der Waals surface area contributed by atoms with Crippen LogP contribution in [0, 0.1) is 5.92 Å². The summed E-state index contributed by atoms with van der Waals surface area (Å²) in [6.07, 6.45) is 1.41. The van der Waals surface area contributed by atoms with Crippen LogP contribution in [0.2, 0.25) is 0 Å². The average molecular weight is 399 g/mol. The van der Waals surface area contributed by atoms with Crippen molar-refractivity contribution in [3.05, 3.63) is 18.2 Å². The summed E-state index contributed by atoms with van der Waals surface area (Å²) >= 11 is 0. The maximum atomic E-state index is 12.5. The Balaban J connectivity index is 1.94. The molecule has 8 nitrogen and oxygen atoms in total. The van der Waals surface area contributed by atoms with Gasteiger partial charge in [-0.2, -0.15) is 0 Å². The van der Waals surface area contributed by atoms with Crippen molar-refractivity contribution in [2.45, 2.75) is 63.6 Å². The van der Waals surface area contributed by atoms with E-state index in [-0.39, 0.29) is 16.7 Å². The van der Waals surface area contributed by atoms with Crippen LogP contribution in [-0.2, 0) is 14.8 Å². The highest BCUT2D eigenvalue weighted by Gasteiger charge is 2.44. The molecule has 0 aliphatic carbocycles. The van der Waals surface area contributed by atoms with Crippen LogP contribution >= 0.6 is 0 Å². The number of hydrogen-bond donors (Lipinski definition) is 2. The summed E-state index contributed by atoms with van der Waals surface area (Å²) in [7, 11) is -3.83. The van der Waals surface area contributed by atoms with Gasteiger partial charge in [0.1, 0.15) is 11.4 Å². The second kappa shape index (κ2) is 7.63. The highest BCUT2D eigenvalue weighted by atomic mass is 32.2. The zero-order chi connectivity index (χ0) is 20.5. The van der Waals surface area contributed by atoms with Gasteiger partial charge in [-0.25, -0.2) is 23.3 Å². The number of likely N-dealkylation sites (tertiary alicyclic amines) is 1.